The average molecular weight is 545 g/mol. The highest BCUT2D eigenvalue weighted by atomic mass is 16.4. The summed E-state index contributed by atoms with van der Waals surface area (Å²) in [6.07, 6.45) is 27.6. The van der Waals surface area contributed by atoms with E-state index in [1.165, 1.54) is 96.3 Å². The standard InChI is InChI=1S/C35H60O4/c1-4-7-10-13-15-16-18-21-24-27-31-30(26-23-20-17-14-11-8-5-2)29(25-22-19-12-9-6-3)28-32(34(36)37)33(31)35(38)39/h28H,4-27H2,1-3H3,(H,36,37)(H,38,39). The van der Waals surface area contributed by atoms with Crippen LogP contribution >= 0.6 is 0 Å². The summed E-state index contributed by atoms with van der Waals surface area (Å²) in [5.41, 5.74) is 3.10. The summed E-state index contributed by atoms with van der Waals surface area (Å²) < 4.78 is 0. The molecule has 0 aliphatic rings. The Morgan fingerprint density at radius 3 is 1.23 bits per heavy atom. The van der Waals surface area contributed by atoms with Gasteiger partial charge in [-0.25, -0.2) is 9.59 Å². The van der Waals surface area contributed by atoms with Crippen LogP contribution in [0.2, 0.25) is 0 Å². The van der Waals surface area contributed by atoms with Gasteiger partial charge in [0.25, 0.3) is 0 Å². The Bertz CT molecular complexity index is 798. The third-order valence-corrected chi connectivity index (χ3v) is 8.20. The van der Waals surface area contributed by atoms with Gasteiger partial charge in [-0.15, -0.1) is 0 Å². The van der Waals surface area contributed by atoms with Crippen molar-refractivity contribution < 1.29 is 19.8 Å². The first-order valence-electron chi connectivity index (χ1n) is 16.6. The Hall–Kier alpha value is -1.84. The molecule has 1 aromatic rings. The van der Waals surface area contributed by atoms with E-state index in [2.05, 4.69) is 20.8 Å². The van der Waals surface area contributed by atoms with Crippen molar-refractivity contribution in [3.05, 3.63) is 33.9 Å². The van der Waals surface area contributed by atoms with Gasteiger partial charge in [0.2, 0.25) is 0 Å². The van der Waals surface area contributed by atoms with E-state index in [0.717, 1.165) is 68.1 Å². The highest BCUT2D eigenvalue weighted by molar-refractivity contribution is 6.03. The third kappa shape index (κ3) is 14.9. The van der Waals surface area contributed by atoms with Gasteiger partial charge in [-0.3, -0.25) is 0 Å². The van der Waals surface area contributed by atoms with E-state index in [1.54, 1.807) is 6.07 Å². The van der Waals surface area contributed by atoms with Gasteiger partial charge in [0.1, 0.15) is 0 Å². The van der Waals surface area contributed by atoms with E-state index in [-0.39, 0.29) is 11.1 Å². The molecule has 224 valence electrons. The second-order valence-corrected chi connectivity index (χ2v) is 11.6. The van der Waals surface area contributed by atoms with Gasteiger partial charge in [0.05, 0.1) is 11.1 Å². The maximum absolute atomic E-state index is 12.4. The first-order valence-corrected chi connectivity index (χ1v) is 16.6. The molecule has 0 aliphatic heterocycles. The Morgan fingerprint density at radius 2 is 0.846 bits per heavy atom. The SMILES string of the molecule is CCCCCCCCCCCc1c(CCCCCCCCC)c(CCCCCCC)cc(C(=O)O)c1C(=O)O. The first kappa shape index (κ1) is 35.2. The summed E-state index contributed by atoms with van der Waals surface area (Å²) in [6.45, 7) is 6.69. The maximum Gasteiger partial charge on any atom is 0.336 e. The maximum atomic E-state index is 12.4. The fraction of sp³-hybridized carbons (Fsp3) is 0.771. The Kier molecular flexibility index (Phi) is 20.7. The van der Waals surface area contributed by atoms with E-state index < -0.39 is 11.9 Å². The molecule has 0 unspecified atom stereocenters. The van der Waals surface area contributed by atoms with Gasteiger partial charge in [-0.2, -0.15) is 0 Å². The highest BCUT2D eigenvalue weighted by Gasteiger charge is 2.25. The van der Waals surface area contributed by atoms with Gasteiger partial charge < -0.3 is 10.2 Å². The average Bonchev–Trinajstić information content (AvgIpc) is 2.91. The molecule has 4 nitrogen and oxygen atoms in total. The molecule has 0 fully saturated rings. The zero-order chi connectivity index (χ0) is 28.7. The van der Waals surface area contributed by atoms with Crippen LogP contribution in [-0.4, -0.2) is 22.2 Å². The number of hydrogen-bond acceptors (Lipinski definition) is 2. The van der Waals surface area contributed by atoms with E-state index in [1.807, 2.05) is 0 Å². The van der Waals surface area contributed by atoms with Crippen molar-refractivity contribution >= 4 is 11.9 Å². The van der Waals surface area contributed by atoms with Gasteiger partial charge in [0, 0.05) is 0 Å². The number of carbonyl (C=O) groups is 2. The van der Waals surface area contributed by atoms with Crippen LogP contribution in [0.25, 0.3) is 0 Å². The molecule has 39 heavy (non-hydrogen) atoms. The molecule has 0 radical (unpaired) electrons. The van der Waals surface area contributed by atoms with Crippen molar-refractivity contribution in [3.8, 4) is 0 Å². The molecule has 0 aromatic heterocycles. The number of aryl methyl sites for hydroxylation is 1. The Labute approximate surface area is 240 Å². The lowest BCUT2D eigenvalue weighted by atomic mass is 9.84. The van der Waals surface area contributed by atoms with Crippen LogP contribution in [0.15, 0.2) is 6.07 Å². The molecule has 1 rings (SSSR count). The summed E-state index contributed by atoms with van der Waals surface area (Å²) in [5.74, 6) is -2.20. The molecule has 1 aromatic carbocycles. The highest BCUT2D eigenvalue weighted by Crippen LogP contribution is 2.30. The zero-order valence-electron chi connectivity index (χ0n) is 25.8. The second kappa shape index (κ2) is 22.9. The molecule has 0 saturated heterocycles. The molecule has 0 aliphatic carbocycles. The zero-order valence-corrected chi connectivity index (χ0v) is 25.8. The first-order chi connectivity index (χ1) is 19.0. The molecule has 0 saturated carbocycles. The molecule has 0 heterocycles. The topological polar surface area (TPSA) is 74.6 Å². The summed E-state index contributed by atoms with van der Waals surface area (Å²) in [4.78, 5) is 24.6. The van der Waals surface area contributed by atoms with Gasteiger partial charge >= 0.3 is 11.9 Å². The molecular weight excluding hydrogens is 484 g/mol. The normalized spacial score (nSPS) is 11.3. The number of hydrogen-bond donors (Lipinski definition) is 2. The summed E-state index contributed by atoms with van der Waals surface area (Å²) in [7, 11) is 0. The molecule has 4 heteroatoms. The number of benzene rings is 1. The lowest BCUT2D eigenvalue weighted by Crippen LogP contribution is -2.16. The van der Waals surface area contributed by atoms with Gasteiger partial charge in [0.15, 0.2) is 0 Å². The van der Waals surface area contributed by atoms with Crippen LogP contribution < -0.4 is 0 Å². The van der Waals surface area contributed by atoms with Crippen molar-refractivity contribution in [2.24, 2.45) is 0 Å². The third-order valence-electron chi connectivity index (χ3n) is 8.20. The number of carboxylic acid groups (broad SMARTS) is 2. The summed E-state index contributed by atoms with van der Waals surface area (Å²) in [5, 5.41) is 20.1. The van der Waals surface area contributed by atoms with Crippen LogP contribution in [-0.2, 0) is 19.3 Å². The van der Waals surface area contributed by atoms with E-state index in [4.69, 9.17) is 0 Å². The summed E-state index contributed by atoms with van der Waals surface area (Å²) in [6, 6.07) is 1.71. The van der Waals surface area contributed by atoms with Crippen LogP contribution in [0.5, 0.6) is 0 Å². The molecule has 0 spiro atoms. The summed E-state index contributed by atoms with van der Waals surface area (Å²) >= 11 is 0. The minimum Gasteiger partial charge on any atom is -0.478 e. The van der Waals surface area contributed by atoms with Crippen molar-refractivity contribution in [1.82, 2.24) is 0 Å². The minimum atomic E-state index is -1.12. The number of aromatic carboxylic acids is 2. The molecule has 0 bridgehead atoms. The van der Waals surface area contributed by atoms with Gasteiger partial charge in [-0.1, -0.05) is 136 Å². The van der Waals surface area contributed by atoms with Crippen LogP contribution in [0.4, 0.5) is 0 Å². The van der Waals surface area contributed by atoms with Crippen LogP contribution in [0, 0.1) is 0 Å². The fourth-order valence-corrected chi connectivity index (χ4v) is 5.85. The monoisotopic (exact) mass is 544 g/mol. The van der Waals surface area contributed by atoms with Crippen LogP contribution in [0.1, 0.15) is 193 Å². The number of carboxylic acids is 2. The number of unbranched alkanes of at least 4 members (excludes halogenated alkanes) is 18. The van der Waals surface area contributed by atoms with Crippen molar-refractivity contribution in [2.75, 3.05) is 0 Å². The molecule has 0 amide bonds. The molecule has 2 N–H and O–H groups in total. The van der Waals surface area contributed by atoms with Crippen molar-refractivity contribution in [1.29, 1.82) is 0 Å². The second-order valence-electron chi connectivity index (χ2n) is 11.6. The fourth-order valence-electron chi connectivity index (χ4n) is 5.85. The predicted octanol–water partition coefficient (Wildman–Crippen LogP) is 11.0. The van der Waals surface area contributed by atoms with Crippen LogP contribution in [0.3, 0.4) is 0 Å². The molecule has 0 atom stereocenters. The van der Waals surface area contributed by atoms with Gasteiger partial charge in [-0.05, 0) is 61.3 Å². The lowest BCUT2D eigenvalue weighted by molar-refractivity contribution is 0.0650. The number of rotatable bonds is 26. The van der Waals surface area contributed by atoms with E-state index >= 15 is 0 Å². The largest absolute Gasteiger partial charge is 0.478 e. The predicted molar refractivity (Wildman–Crippen MR) is 165 cm³/mol. The lowest BCUT2D eigenvalue weighted by Gasteiger charge is -2.20. The Balaban J connectivity index is 3.05. The van der Waals surface area contributed by atoms with E-state index in [9.17, 15) is 19.8 Å². The van der Waals surface area contributed by atoms with Crippen molar-refractivity contribution in [3.63, 3.8) is 0 Å². The quantitative estimate of drug-likeness (QED) is 0.114. The minimum absolute atomic E-state index is 0.0136. The molecular formula is C35H60O4. The van der Waals surface area contributed by atoms with Crippen molar-refractivity contribution in [2.45, 2.75) is 175 Å². The Morgan fingerprint density at radius 1 is 0.487 bits per heavy atom. The van der Waals surface area contributed by atoms with E-state index in [0.29, 0.717) is 6.42 Å². The smallest absolute Gasteiger partial charge is 0.336 e.